The van der Waals surface area contributed by atoms with Crippen LogP contribution in [0, 0.1) is 11.8 Å². The van der Waals surface area contributed by atoms with E-state index in [2.05, 4.69) is 0 Å². The maximum Gasteiger partial charge on any atom is 0.410 e. The summed E-state index contributed by atoms with van der Waals surface area (Å²) in [6, 6.07) is 9.22. The van der Waals surface area contributed by atoms with Gasteiger partial charge < -0.3 is 19.5 Å². The van der Waals surface area contributed by atoms with Crippen molar-refractivity contribution in [3.05, 3.63) is 35.9 Å². The summed E-state index contributed by atoms with van der Waals surface area (Å²) in [7, 11) is 0. The fraction of sp³-hybridized carbons (Fsp3) is 0.526. The molecule has 1 aliphatic heterocycles. The molecule has 0 aliphatic carbocycles. The van der Waals surface area contributed by atoms with Crippen molar-refractivity contribution < 1.29 is 29.0 Å². The summed E-state index contributed by atoms with van der Waals surface area (Å²) in [5.74, 6) is -3.45. The minimum absolute atomic E-state index is 0.0765. The number of esters is 1. The quantitative estimate of drug-likeness (QED) is 0.827. The molecule has 0 aromatic heterocycles. The van der Waals surface area contributed by atoms with Crippen molar-refractivity contribution in [2.75, 3.05) is 13.1 Å². The van der Waals surface area contributed by atoms with Crippen molar-refractivity contribution in [1.82, 2.24) is 4.90 Å². The number of aliphatic carboxylic acids is 1. The highest BCUT2D eigenvalue weighted by Gasteiger charge is 2.42. The molecule has 1 heterocycles. The maximum atomic E-state index is 12.3. The van der Waals surface area contributed by atoms with Gasteiger partial charge >= 0.3 is 18.0 Å². The summed E-state index contributed by atoms with van der Waals surface area (Å²) in [5.41, 5.74) is 0.158. The van der Waals surface area contributed by atoms with E-state index < -0.39 is 35.5 Å². The molecule has 1 amide bonds. The Morgan fingerprint density at radius 2 is 1.81 bits per heavy atom. The highest BCUT2D eigenvalue weighted by atomic mass is 16.6. The van der Waals surface area contributed by atoms with Gasteiger partial charge in [0.05, 0.1) is 11.8 Å². The van der Waals surface area contributed by atoms with Crippen LogP contribution < -0.4 is 0 Å². The summed E-state index contributed by atoms with van der Waals surface area (Å²) in [6.07, 6.45) is -0.352. The molecule has 142 valence electrons. The fourth-order valence-electron chi connectivity index (χ4n) is 2.84. The van der Waals surface area contributed by atoms with E-state index in [9.17, 15) is 19.5 Å². The largest absolute Gasteiger partial charge is 0.481 e. The van der Waals surface area contributed by atoms with E-state index in [0.717, 1.165) is 5.56 Å². The van der Waals surface area contributed by atoms with Gasteiger partial charge in [-0.3, -0.25) is 9.59 Å². The Morgan fingerprint density at radius 1 is 1.15 bits per heavy atom. The number of amides is 1. The molecular weight excluding hydrogens is 338 g/mol. The van der Waals surface area contributed by atoms with Crippen LogP contribution in [0.15, 0.2) is 30.3 Å². The van der Waals surface area contributed by atoms with Gasteiger partial charge in [-0.2, -0.15) is 0 Å². The Kier molecular flexibility index (Phi) is 6.23. The lowest BCUT2D eigenvalue weighted by Gasteiger charge is -2.35. The van der Waals surface area contributed by atoms with Crippen LogP contribution in [0.2, 0.25) is 0 Å². The van der Waals surface area contributed by atoms with Gasteiger partial charge in [0, 0.05) is 13.1 Å². The molecule has 0 bridgehead atoms. The van der Waals surface area contributed by atoms with Gasteiger partial charge in [0.25, 0.3) is 0 Å². The average molecular weight is 363 g/mol. The molecule has 0 radical (unpaired) electrons. The Balaban J connectivity index is 1.96. The van der Waals surface area contributed by atoms with Crippen molar-refractivity contribution in [3.63, 3.8) is 0 Å². The number of carboxylic acid groups (broad SMARTS) is 1. The highest BCUT2D eigenvalue weighted by molar-refractivity contribution is 5.82. The van der Waals surface area contributed by atoms with Gasteiger partial charge in [-0.15, -0.1) is 0 Å². The second-order valence-corrected chi connectivity index (χ2v) is 7.36. The van der Waals surface area contributed by atoms with Crippen LogP contribution in [-0.4, -0.2) is 46.7 Å². The van der Waals surface area contributed by atoms with Crippen LogP contribution in [0.25, 0.3) is 0 Å². The van der Waals surface area contributed by atoms with Crippen molar-refractivity contribution in [1.29, 1.82) is 0 Å². The lowest BCUT2D eigenvalue weighted by molar-refractivity contribution is -0.169. The zero-order valence-corrected chi connectivity index (χ0v) is 15.3. The summed E-state index contributed by atoms with van der Waals surface area (Å²) < 4.78 is 10.6. The van der Waals surface area contributed by atoms with Gasteiger partial charge in [-0.1, -0.05) is 30.3 Å². The Bertz CT molecular complexity index is 652. The first-order chi connectivity index (χ1) is 12.2. The first-order valence-electron chi connectivity index (χ1n) is 8.58. The maximum absolute atomic E-state index is 12.3. The van der Waals surface area contributed by atoms with Gasteiger partial charge in [0.1, 0.15) is 12.2 Å². The van der Waals surface area contributed by atoms with Crippen LogP contribution in [0.3, 0.4) is 0 Å². The number of nitrogens with zero attached hydrogens (tertiary/aromatic N) is 1. The van der Waals surface area contributed by atoms with Crippen LogP contribution >= 0.6 is 0 Å². The van der Waals surface area contributed by atoms with E-state index in [-0.39, 0.29) is 26.1 Å². The molecule has 0 saturated carbocycles. The number of hydrogen-bond donors (Lipinski definition) is 1. The summed E-state index contributed by atoms with van der Waals surface area (Å²) in [6.45, 7) is 5.49. The zero-order chi connectivity index (χ0) is 19.3. The molecule has 1 aliphatic rings. The summed E-state index contributed by atoms with van der Waals surface area (Å²) in [5, 5.41) is 9.48. The third-order valence-electron chi connectivity index (χ3n) is 4.10. The first kappa shape index (κ1) is 19.8. The Hall–Kier alpha value is -2.57. The number of hydrogen-bond acceptors (Lipinski definition) is 5. The van der Waals surface area contributed by atoms with Crippen LogP contribution in [-0.2, 0) is 25.7 Å². The Morgan fingerprint density at radius 3 is 2.38 bits per heavy atom. The molecule has 1 aromatic rings. The number of carbonyl (C=O) groups excluding carboxylic acids is 2. The fourth-order valence-corrected chi connectivity index (χ4v) is 2.84. The molecule has 1 saturated heterocycles. The van der Waals surface area contributed by atoms with Crippen molar-refractivity contribution in [2.24, 2.45) is 11.8 Å². The smallest absolute Gasteiger partial charge is 0.410 e. The van der Waals surface area contributed by atoms with E-state index in [1.165, 1.54) is 4.90 Å². The van der Waals surface area contributed by atoms with Gasteiger partial charge in [0.2, 0.25) is 0 Å². The zero-order valence-electron chi connectivity index (χ0n) is 15.3. The SMILES string of the molecule is CC(C)(C)OC(=O)[C@H]1CCN(C(=O)OCc2ccccc2)C[C@@H]1C(=O)O. The molecule has 1 fully saturated rings. The van der Waals surface area contributed by atoms with Gasteiger partial charge in [-0.05, 0) is 32.8 Å². The molecular formula is C19H25NO6. The van der Waals surface area contributed by atoms with Crippen molar-refractivity contribution >= 4 is 18.0 Å². The summed E-state index contributed by atoms with van der Waals surface area (Å²) >= 11 is 0. The number of piperidine rings is 1. The molecule has 26 heavy (non-hydrogen) atoms. The number of rotatable bonds is 4. The van der Waals surface area contributed by atoms with Crippen LogP contribution in [0.1, 0.15) is 32.8 Å². The van der Waals surface area contributed by atoms with Gasteiger partial charge in [0.15, 0.2) is 0 Å². The number of likely N-dealkylation sites (tertiary alicyclic amines) is 1. The molecule has 0 unspecified atom stereocenters. The minimum atomic E-state index is -1.12. The normalized spacial score (nSPS) is 20.3. The number of carbonyl (C=O) groups is 3. The molecule has 7 heteroatoms. The molecule has 1 aromatic carbocycles. The van der Waals surface area contributed by atoms with Crippen molar-refractivity contribution in [3.8, 4) is 0 Å². The van der Waals surface area contributed by atoms with E-state index in [1.54, 1.807) is 20.8 Å². The molecule has 2 atom stereocenters. The minimum Gasteiger partial charge on any atom is -0.481 e. The third-order valence-corrected chi connectivity index (χ3v) is 4.10. The second-order valence-electron chi connectivity index (χ2n) is 7.36. The van der Waals surface area contributed by atoms with E-state index >= 15 is 0 Å². The van der Waals surface area contributed by atoms with Crippen LogP contribution in [0.4, 0.5) is 4.79 Å². The van der Waals surface area contributed by atoms with Gasteiger partial charge in [-0.25, -0.2) is 4.79 Å². The van der Waals surface area contributed by atoms with Crippen molar-refractivity contribution in [2.45, 2.75) is 39.4 Å². The highest BCUT2D eigenvalue weighted by Crippen LogP contribution is 2.27. The van der Waals surface area contributed by atoms with E-state index in [0.29, 0.717) is 0 Å². The predicted molar refractivity (Wildman–Crippen MR) is 93.3 cm³/mol. The topological polar surface area (TPSA) is 93.1 Å². The molecule has 1 N–H and O–H groups in total. The number of benzene rings is 1. The summed E-state index contributed by atoms with van der Waals surface area (Å²) in [4.78, 5) is 37.5. The number of ether oxygens (including phenoxy) is 2. The van der Waals surface area contributed by atoms with Crippen LogP contribution in [0.5, 0.6) is 0 Å². The lowest BCUT2D eigenvalue weighted by atomic mass is 9.85. The van der Waals surface area contributed by atoms with E-state index in [4.69, 9.17) is 9.47 Å². The average Bonchev–Trinajstić information content (AvgIpc) is 2.58. The monoisotopic (exact) mass is 363 g/mol. The second kappa shape index (κ2) is 8.21. The standard InChI is InChI=1S/C19H25NO6/c1-19(2,3)26-17(23)14-9-10-20(11-15(14)16(21)22)18(24)25-12-13-7-5-4-6-8-13/h4-8,14-15H,9-12H2,1-3H3,(H,21,22)/t14-,15-/m0/s1. The third kappa shape index (κ3) is 5.47. The van der Waals surface area contributed by atoms with E-state index in [1.807, 2.05) is 30.3 Å². The molecule has 0 spiro atoms. The lowest BCUT2D eigenvalue weighted by Crippen LogP contribution is -2.49. The number of carboxylic acids is 1. The molecule has 2 rings (SSSR count). The first-order valence-corrected chi connectivity index (χ1v) is 8.58. The predicted octanol–water partition coefficient (Wildman–Crippen LogP) is 2.69. The Labute approximate surface area is 152 Å². The molecule has 7 nitrogen and oxygen atoms in total.